The monoisotopic (exact) mass is 411 g/mol. The number of anilines is 2. The molecule has 0 radical (unpaired) electrons. The quantitative estimate of drug-likeness (QED) is 0.533. The Morgan fingerprint density at radius 3 is 2.45 bits per heavy atom. The molecule has 1 N–H and O–H groups in total. The smallest absolute Gasteiger partial charge is 0.227 e. The number of amides is 2. The number of hydrogen-bond donors (Lipinski definition) is 1. The van der Waals surface area contributed by atoms with Crippen LogP contribution in [0, 0.1) is 5.92 Å². The molecule has 5 nitrogen and oxygen atoms in total. The highest BCUT2D eigenvalue weighted by atomic mass is 32.2. The van der Waals surface area contributed by atoms with E-state index in [-0.39, 0.29) is 24.2 Å². The molecule has 3 rings (SSSR count). The fraction of sp³-hybridized carbons (Fsp3) is 0.391. The SMILES string of the molecule is CSc1ccc(N2C[C@H](C(=O)NCCCc3ccc(N(C)C)cc3)CC2=O)cc1. The second-order valence-electron chi connectivity index (χ2n) is 7.56. The fourth-order valence-electron chi connectivity index (χ4n) is 3.50. The van der Waals surface area contributed by atoms with Gasteiger partial charge in [0.25, 0.3) is 0 Å². The first-order valence-electron chi connectivity index (χ1n) is 9.96. The molecule has 2 aromatic carbocycles. The lowest BCUT2D eigenvalue weighted by Crippen LogP contribution is -2.33. The molecule has 0 saturated carbocycles. The summed E-state index contributed by atoms with van der Waals surface area (Å²) in [5.41, 5.74) is 3.31. The second kappa shape index (κ2) is 9.83. The van der Waals surface area contributed by atoms with Crippen molar-refractivity contribution in [3.63, 3.8) is 0 Å². The van der Waals surface area contributed by atoms with Crippen LogP contribution < -0.4 is 15.1 Å². The van der Waals surface area contributed by atoms with E-state index in [1.54, 1.807) is 16.7 Å². The third-order valence-electron chi connectivity index (χ3n) is 5.27. The van der Waals surface area contributed by atoms with Crippen LogP contribution in [0.3, 0.4) is 0 Å². The van der Waals surface area contributed by atoms with Crippen LogP contribution in [-0.2, 0) is 16.0 Å². The summed E-state index contributed by atoms with van der Waals surface area (Å²) in [4.78, 5) is 29.8. The van der Waals surface area contributed by atoms with Crippen molar-refractivity contribution in [3.8, 4) is 0 Å². The molecule has 2 amide bonds. The van der Waals surface area contributed by atoms with E-state index in [0.29, 0.717) is 13.1 Å². The van der Waals surface area contributed by atoms with Crippen LogP contribution in [0.4, 0.5) is 11.4 Å². The van der Waals surface area contributed by atoms with Gasteiger partial charge in [0, 0.05) is 49.9 Å². The van der Waals surface area contributed by atoms with E-state index in [2.05, 4.69) is 34.5 Å². The number of carbonyl (C=O) groups excluding carboxylic acids is 2. The number of carbonyl (C=O) groups is 2. The van der Waals surface area contributed by atoms with Gasteiger partial charge in [0.2, 0.25) is 11.8 Å². The normalized spacial score (nSPS) is 16.2. The van der Waals surface area contributed by atoms with Crippen LogP contribution in [0.25, 0.3) is 0 Å². The molecular formula is C23H29N3O2S. The van der Waals surface area contributed by atoms with E-state index in [4.69, 9.17) is 0 Å². The minimum atomic E-state index is -0.276. The number of benzene rings is 2. The summed E-state index contributed by atoms with van der Waals surface area (Å²) in [7, 11) is 4.05. The summed E-state index contributed by atoms with van der Waals surface area (Å²) in [5.74, 6) is -0.283. The van der Waals surface area contributed by atoms with Crippen molar-refractivity contribution in [1.29, 1.82) is 0 Å². The molecule has 1 fully saturated rings. The second-order valence-corrected chi connectivity index (χ2v) is 8.44. The number of aryl methyl sites for hydroxylation is 1. The van der Waals surface area contributed by atoms with Crippen LogP contribution >= 0.6 is 11.8 Å². The van der Waals surface area contributed by atoms with Crippen LogP contribution in [0.5, 0.6) is 0 Å². The predicted octanol–water partition coefficient (Wildman–Crippen LogP) is 3.58. The van der Waals surface area contributed by atoms with Crippen molar-refractivity contribution in [2.75, 3.05) is 43.2 Å². The van der Waals surface area contributed by atoms with E-state index in [9.17, 15) is 9.59 Å². The van der Waals surface area contributed by atoms with Gasteiger partial charge in [0.15, 0.2) is 0 Å². The zero-order valence-corrected chi connectivity index (χ0v) is 18.2. The Hall–Kier alpha value is -2.47. The van der Waals surface area contributed by atoms with Gasteiger partial charge in [0.05, 0.1) is 5.92 Å². The number of thioether (sulfide) groups is 1. The molecule has 0 bridgehead atoms. The Balaban J connectivity index is 1.44. The Morgan fingerprint density at radius 1 is 1.14 bits per heavy atom. The summed E-state index contributed by atoms with van der Waals surface area (Å²) >= 11 is 1.67. The molecule has 0 unspecified atom stereocenters. The van der Waals surface area contributed by atoms with Gasteiger partial charge in [-0.3, -0.25) is 9.59 Å². The van der Waals surface area contributed by atoms with E-state index < -0.39 is 0 Å². The summed E-state index contributed by atoms with van der Waals surface area (Å²) < 4.78 is 0. The molecule has 154 valence electrons. The molecule has 1 saturated heterocycles. The summed E-state index contributed by atoms with van der Waals surface area (Å²) in [6.07, 6.45) is 4.11. The molecule has 0 spiro atoms. The van der Waals surface area contributed by atoms with E-state index in [1.807, 2.05) is 44.6 Å². The Morgan fingerprint density at radius 2 is 1.83 bits per heavy atom. The van der Waals surface area contributed by atoms with Gasteiger partial charge in [-0.1, -0.05) is 12.1 Å². The van der Waals surface area contributed by atoms with Gasteiger partial charge in [-0.25, -0.2) is 0 Å². The zero-order chi connectivity index (χ0) is 20.8. The Labute approximate surface area is 177 Å². The maximum absolute atomic E-state index is 12.5. The van der Waals surface area contributed by atoms with Crippen LogP contribution in [0.2, 0.25) is 0 Å². The molecule has 2 aromatic rings. The van der Waals surface area contributed by atoms with Gasteiger partial charge in [-0.15, -0.1) is 11.8 Å². The maximum atomic E-state index is 12.5. The van der Waals surface area contributed by atoms with Crippen molar-refractivity contribution < 1.29 is 9.59 Å². The van der Waals surface area contributed by atoms with Crippen molar-refractivity contribution in [2.45, 2.75) is 24.2 Å². The summed E-state index contributed by atoms with van der Waals surface area (Å²) in [6.45, 7) is 1.08. The molecule has 1 aliphatic heterocycles. The lowest BCUT2D eigenvalue weighted by Gasteiger charge is -2.17. The molecule has 29 heavy (non-hydrogen) atoms. The number of nitrogens with zero attached hydrogens (tertiary/aromatic N) is 2. The Bertz CT molecular complexity index is 834. The molecule has 0 aliphatic carbocycles. The van der Waals surface area contributed by atoms with Gasteiger partial charge >= 0.3 is 0 Å². The van der Waals surface area contributed by atoms with Gasteiger partial charge < -0.3 is 15.1 Å². The highest BCUT2D eigenvalue weighted by molar-refractivity contribution is 7.98. The van der Waals surface area contributed by atoms with Gasteiger partial charge in [-0.2, -0.15) is 0 Å². The van der Waals surface area contributed by atoms with Gasteiger partial charge in [0.1, 0.15) is 0 Å². The summed E-state index contributed by atoms with van der Waals surface area (Å²) in [6, 6.07) is 16.4. The lowest BCUT2D eigenvalue weighted by molar-refractivity contribution is -0.126. The first-order valence-corrected chi connectivity index (χ1v) is 11.2. The predicted molar refractivity (Wildman–Crippen MR) is 121 cm³/mol. The molecule has 1 aliphatic rings. The van der Waals surface area contributed by atoms with E-state index in [1.165, 1.54) is 11.3 Å². The first-order chi connectivity index (χ1) is 14.0. The van der Waals surface area contributed by atoms with Crippen LogP contribution in [0.1, 0.15) is 18.4 Å². The topological polar surface area (TPSA) is 52.7 Å². The molecular weight excluding hydrogens is 382 g/mol. The van der Waals surface area contributed by atoms with Crippen LogP contribution in [-0.4, -0.2) is 45.3 Å². The average molecular weight is 412 g/mol. The summed E-state index contributed by atoms with van der Waals surface area (Å²) in [5, 5.41) is 3.01. The fourth-order valence-corrected chi connectivity index (χ4v) is 3.91. The maximum Gasteiger partial charge on any atom is 0.227 e. The number of hydrogen-bond acceptors (Lipinski definition) is 4. The number of rotatable bonds is 8. The van der Waals surface area contributed by atoms with Crippen LogP contribution in [0.15, 0.2) is 53.4 Å². The van der Waals surface area contributed by atoms with Crippen molar-refractivity contribution in [2.24, 2.45) is 5.92 Å². The molecule has 0 aromatic heterocycles. The lowest BCUT2D eigenvalue weighted by atomic mass is 10.1. The minimum absolute atomic E-state index is 0.0167. The standard InChI is InChI=1S/C23H29N3O2S/c1-25(2)19-8-6-17(7-9-19)5-4-14-24-23(28)18-15-22(27)26(16-18)20-10-12-21(29-3)13-11-20/h6-13,18H,4-5,14-16H2,1-3H3,(H,24,28)/t18-/m1/s1. The average Bonchev–Trinajstić information content (AvgIpc) is 3.13. The van der Waals surface area contributed by atoms with Crippen molar-refractivity contribution >= 4 is 35.0 Å². The zero-order valence-electron chi connectivity index (χ0n) is 17.4. The molecule has 1 heterocycles. The third kappa shape index (κ3) is 5.54. The molecule has 6 heteroatoms. The van der Waals surface area contributed by atoms with Crippen molar-refractivity contribution in [1.82, 2.24) is 5.32 Å². The Kier molecular flexibility index (Phi) is 7.20. The third-order valence-corrected chi connectivity index (χ3v) is 6.02. The van der Waals surface area contributed by atoms with Gasteiger partial charge in [-0.05, 0) is 61.1 Å². The van der Waals surface area contributed by atoms with E-state index in [0.717, 1.165) is 23.4 Å². The minimum Gasteiger partial charge on any atom is -0.378 e. The van der Waals surface area contributed by atoms with Crippen molar-refractivity contribution in [3.05, 3.63) is 54.1 Å². The van der Waals surface area contributed by atoms with E-state index >= 15 is 0 Å². The highest BCUT2D eigenvalue weighted by Crippen LogP contribution is 2.27. The largest absolute Gasteiger partial charge is 0.378 e. The highest BCUT2D eigenvalue weighted by Gasteiger charge is 2.34. The number of nitrogens with one attached hydrogen (secondary N) is 1. The molecule has 1 atom stereocenters. The first kappa shape index (κ1) is 21.2.